The van der Waals surface area contributed by atoms with Crippen molar-refractivity contribution < 1.29 is 32.8 Å². The quantitative estimate of drug-likeness (QED) is 0.559. The van der Waals surface area contributed by atoms with Gasteiger partial charge in [-0.05, 0) is 6.42 Å². The molecule has 3 N–H and O–H groups in total. The molecule has 0 aromatic carbocycles. The Morgan fingerprint density at radius 1 is 1.25 bits per heavy atom. The third-order valence-corrected chi connectivity index (χ3v) is 3.77. The fraction of sp³-hybridized carbons (Fsp3) is 0.750. The maximum atomic E-state index is 11.0. The fourth-order valence-electron chi connectivity index (χ4n) is 1.31. The summed E-state index contributed by atoms with van der Waals surface area (Å²) >= 11 is 0. The molecule has 0 saturated heterocycles. The van der Waals surface area contributed by atoms with Gasteiger partial charge >= 0.3 is 11.9 Å². The highest BCUT2D eigenvalue weighted by Gasteiger charge is 2.51. The summed E-state index contributed by atoms with van der Waals surface area (Å²) in [6.45, 7) is 1.69. The zero-order valence-electron chi connectivity index (χ0n) is 8.71. The van der Waals surface area contributed by atoms with Gasteiger partial charge in [-0.25, -0.2) is 0 Å². The van der Waals surface area contributed by atoms with E-state index in [1.807, 2.05) is 0 Å². The van der Waals surface area contributed by atoms with E-state index >= 15 is 0 Å². The van der Waals surface area contributed by atoms with Crippen molar-refractivity contribution in [1.29, 1.82) is 0 Å². The van der Waals surface area contributed by atoms with E-state index in [2.05, 4.69) is 0 Å². The minimum atomic E-state index is -4.97. The Labute approximate surface area is 92.8 Å². The Hall–Kier alpha value is -1.15. The summed E-state index contributed by atoms with van der Waals surface area (Å²) in [6, 6.07) is 0. The van der Waals surface area contributed by atoms with Crippen molar-refractivity contribution in [2.24, 2.45) is 0 Å². The average molecular weight is 254 g/mol. The van der Waals surface area contributed by atoms with Gasteiger partial charge in [0.05, 0.1) is 6.42 Å². The zero-order chi connectivity index (χ0) is 13.0. The second-order valence-electron chi connectivity index (χ2n) is 3.45. The van der Waals surface area contributed by atoms with Crippen LogP contribution in [0.25, 0.3) is 0 Å². The molecule has 0 aromatic heterocycles. The first kappa shape index (κ1) is 14.8. The third kappa shape index (κ3) is 3.17. The molecule has 0 rings (SSSR count). The summed E-state index contributed by atoms with van der Waals surface area (Å²) in [5, 5.41) is 17.4. The molecule has 0 radical (unpaired) electrons. The molecule has 0 aromatic rings. The molecule has 0 spiro atoms. The summed E-state index contributed by atoms with van der Waals surface area (Å²) in [4.78, 5) is 21.4. The van der Waals surface area contributed by atoms with Crippen molar-refractivity contribution in [3.63, 3.8) is 0 Å². The first-order valence-corrected chi connectivity index (χ1v) is 6.03. The number of unbranched alkanes of at least 4 members (excludes halogenated alkanes) is 1. The first-order valence-electron chi connectivity index (χ1n) is 4.59. The Balaban J connectivity index is 5.40. The molecule has 16 heavy (non-hydrogen) atoms. The van der Waals surface area contributed by atoms with Crippen molar-refractivity contribution in [1.82, 2.24) is 0 Å². The molecule has 0 heterocycles. The molecule has 0 fully saturated rings. The Bertz CT molecular complexity index is 372. The number of carbonyl (C=O) groups is 2. The molecule has 8 heteroatoms. The van der Waals surface area contributed by atoms with Crippen LogP contribution in [-0.4, -0.2) is 39.9 Å². The average Bonchev–Trinajstić information content (AvgIpc) is 2.09. The fourth-order valence-corrected chi connectivity index (χ4v) is 2.24. The lowest BCUT2D eigenvalue weighted by molar-refractivity contribution is -0.147. The van der Waals surface area contributed by atoms with Gasteiger partial charge in [0.2, 0.25) is 4.75 Å². The normalized spacial score (nSPS) is 15.4. The van der Waals surface area contributed by atoms with Gasteiger partial charge in [-0.15, -0.1) is 0 Å². The molecule has 0 aliphatic heterocycles. The van der Waals surface area contributed by atoms with Crippen LogP contribution in [0, 0.1) is 0 Å². The SMILES string of the molecule is CCCCC(CC(=O)O)(C(=O)O)S(=O)(=O)O. The van der Waals surface area contributed by atoms with Crippen molar-refractivity contribution in [3.8, 4) is 0 Å². The van der Waals surface area contributed by atoms with Gasteiger partial charge in [-0.2, -0.15) is 8.42 Å². The zero-order valence-corrected chi connectivity index (χ0v) is 9.53. The molecular weight excluding hydrogens is 240 g/mol. The van der Waals surface area contributed by atoms with Crippen molar-refractivity contribution in [2.75, 3.05) is 0 Å². The number of hydrogen-bond donors (Lipinski definition) is 3. The number of carboxylic acid groups (broad SMARTS) is 2. The Kier molecular flexibility index (Phi) is 4.88. The van der Waals surface area contributed by atoms with Crippen LogP contribution in [0.2, 0.25) is 0 Å². The van der Waals surface area contributed by atoms with Crippen LogP contribution in [0.5, 0.6) is 0 Å². The van der Waals surface area contributed by atoms with Crippen LogP contribution >= 0.6 is 0 Å². The molecule has 0 bridgehead atoms. The summed E-state index contributed by atoms with van der Waals surface area (Å²) in [6.07, 6.45) is -0.894. The highest BCUT2D eigenvalue weighted by atomic mass is 32.2. The van der Waals surface area contributed by atoms with Crippen LogP contribution in [-0.2, 0) is 19.7 Å². The molecule has 1 atom stereocenters. The van der Waals surface area contributed by atoms with Gasteiger partial charge in [-0.1, -0.05) is 19.8 Å². The largest absolute Gasteiger partial charge is 0.481 e. The third-order valence-electron chi connectivity index (χ3n) is 2.25. The molecule has 0 aliphatic rings. The predicted molar refractivity (Wildman–Crippen MR) is 53.7 cm³/mol. The molecule has 1 unspecified atom stereocenters. The molecular formula is C8H14O7S. The number of rotatable bonds is 7. The summed E-state index contributed by atoms with van der Waals surface area (Å²) in [7, 11) is -4.97. The van der Waals surface area contributed by atoms with Crippen molar-refractivity contribution in [2.45, 2.75) is 37.4 Å². The topological polar surface area (TPSA) is 129 Å². The molecule has 0 amide bonds. The second kappa shape index (κ2) is 5.26. The standard InChI is InChI=1S/C8H14O7S/c1-2-3-4-8(7(11)12,5-6(9)10)16(13,14)15/h2-5H2,1H3,(H,9,10)(H,11,12)(H,13,14,15). The highest BCUT2D eigenvalue weighted by Crippen LogP contribution is 2.28. The second-order valence-corrected chi connectivity index (χ2v) is 5.18. The number of carboxylic acids is 2. The van der Waals surface area contributed by atoms with Gasteiger partial charge in [0, 0.05) is 0 Å². The van der Waals surface area contributed by atoms with E-state index < -0.39 is 39.6 Å². The van der Waals surface area contributed by atoms with Crippen LogP contribution in [0.3, 0.4) is 0 Å². The predicted octanol–water partition coefficient (Wildman–Crippen LogP) is 0.363. The lowest BCUT2D eigenvalue weighted by Gasteiger charge is -2.23. The summed E-state index contributed by atoms with van der Waals surface area (Å²) in [5.41, 5.74) is 0. The van der Waals surface area contributed by atoms with Gasteiger partial charge in [0.1, 0.15) is 0 Å². The van der Waals surface area contributed by atoms with Gasteiger partial charge < -0.3 is 10.2 Å². The maximum absolute atomic E-state index is 11.0. The molecule has 0 saturated carbocycles. The van der Waals surface area contributed by atoms with E-state index in [0.717, 1.165) is 0 Å². The molecule has 7 nitrogen and oxygen atoms in total. The van der Waals surface area contributed by atoms with E-state index in [-0.39, 0.29) is 6.42 Å². The smallest absolute Gasteiger partial charge is 0.328 e. The van der Waals surface area contributed by atoms with Crippen LogP contribution in [0.4, 0.5) is 0 Å². The van der Waals surface area contributed by atoms with E-state index in [1.54, 1.807) is 6.92 Å². The minimum Gasteiger partial charge on any atom is -0.481 e. The highest BCUT2D eigenvalue weighted by molar-refractivity contribution is 7.88. The van der Waals surface area contributed by atoms with Crippen LogP contribution < -0.4 is 0 Å². The van der Waals surface area contributed by atoms with Gasteiger partial charge in [0.25, 0.3) is 10.1 Å². The van der Waals surface area contributed by atoms with Crippen molar-refractivity contribution >= 4 is 22.1 Å². The van der Waals surface area contributed by atoms with E-state index in [4.69, 9.17) is 14.8 Å². The Morgan fingerprint density at radius 3 is 2.00 bits per heavy atom. The lowest BCUT2D eigenvalue weighted by atomic mass is 9.97. The van der Waals surface area contributed by atoms with Crippen LogP contribution in [0.1, 0.15) is 32.6 Å². The summed E-state index contributed by atoms with van der Waals surface area (Å²) < 4.78 is 28.4. The van der Waals surface area contributed by atoms with E-state index in [9.17, 15) is 18.0 Å². The summed E-state index contributed by atoms with van der Waals surface area (Å²) in [5.74, 6) is -3.43. The Morgan fingerprint density at radius 2 is 1.75 bits per heavy atom. The van der Waals surface area contributed by atoms with E-state index in [1.165, 1.54) is 0 Å². The maximum Gasteiger partial charge on any atom is 0.328 e. The number of hydrogen-bond acceptors (Lipinski definition) is 4. The molecule has 0 aliphatic carbocycles. The minimum absolute atomic E-state index is 0.194. The van der Waals surface area contributed by atoms with Crippen molar-refractivity contribution in [3.05, 3.63) is 0 Å². The monoisotopic (exact) mass is 254 g/mol. The van der Waals surface area contributed by atoms with Gasteiger partial charge in [0.15, 0.2) is 0 Å². The van der Waals surface area contributed by atoms with Gasteiger partial charge in [-0.3, -0.25) is 14.1 Å². The molecule has 94 valence electrons. The number of aliphatic carboxylic acids is 2. The van der Waals surface area contributed by atoms with Crippen LogP contribution in [0.15, 0.2) is 0 Å². The first-order chi connectivity index (χ1) is 7.17. The lowest BCUT2D eigenvalue weighted by Crippen LogP contribution is -2.48. The van der Waals surface area contributed by atoms with E-state index in [0.29, 0.717) is 6.42 Å².